The van der Waals surface area contributed by atoms with Crippen LogP contribution in [0.25, 0.3) is 0 Å². The number of ether oxygens (including phenoxy) is 1. The van der Waals surface area contributed by atoms with E-state index in [1.54, 1.807) is 25.1 Å². The molecule has 0 bridgehead atoms. The van der Waals surface area contributed by atoms with E-state index in [2.05, 4.69) is 5.32 Å². The second-order valence-electron chi connectivity index (χ2n) is 8.11. The van der Waals surface area contributed by atoms with Gasteiger partial charge in [-0.25, -0.2) is 12.8 Å². The van der Waals surface area contributed by atoms with Gasteiger partial charge in [-0.2, -0.15) is 0 Å². The number of amides is 2. The van der Waals surface area contributed by atoms with Gasteiger partial charge in [-0.1, -0.05) is 25.1 Å². The minimum absolute atomic E-state index is 0.00389. The van der Waals surface area contributed by atoms with Crippen LogP contribution in [-0.2, 0) is 26.2 Å². The number of halogens is 1. The Morgan fingerprint density at radius 3 is 2.32 bits per heavy atom. The zero-order valence-electron chi connectivity index (χ0n) is 20.1. The summed E-state index contributed by atoms with van der Waals surface area (Å²) in [6.45, 7) is 4.84. The topological polar surface area (TPSA) is 96.0 Å². The summed E-state index contributed by atoms with van der Waals surface area (Å²) in [6.07, 6.45) is 1.71. The number of rotatable bonds is 11. The Hall–Kier alpha value is -3.14. The molecule has 0 heterocycles. The van der Waals surface area contributed by atoms with Gasteiger partial charge in [0.05, 0.1) is 19.1 Å². The van der Waals surface area contributed by atoms with Crippen molar-refractivity contribution in [1.29, 1.82) is 0 Å². The van der Waals surface area contributed by atoms with Crippen molar-refractivity contribution in [3.63, 3.8) is 0 Å². The Balaban J connectivity index is 2.38. The van der Waals surface area contributed by atoms with Crippen molar-refractivity contribution in [1.82, 2.24) is 10.2 Å². The van der Waals surface area contributed by atoms with E-state index >= 15 is 0 Å². The van der Waals surface area contributed by atoms with Gasteiger partial charge in [0.2, 0.25) is 21.8 Å². The maximum atomic E-state index is 13.4. The maximum Gasteiger partial charge on any atom is 0.244 e. The number of methoxy groups -OCH3 is 1. The van der Waals surface area contributed by atoms with Crippen molar-refractivity contribution in [2.75, 3.05) is 24.2 Å². The molecular weight excluding hydrogens is 461 g/mol. The van der Waals surface area contributed by atoms with Gasteiger partial charge in [-0.3, -0.25) is 13.9 Å². The first-order valence-electron chi connectivity index (χ1n) is 10.9. The van der Waals surface area contributed by atoms with Crippen LogP contribution in [0.4, 0.5) is 10.1 Å². The molecule has 0 saturated carbocycles. The lowest BCUT2D eigenvalue weighted by Gasteiger charge is -2.32. The predicted octanol–water partition coefficient (Wildman–Crippen LogP) is 2.93. The van der Waals surface area contributed by atoms with Crippen LogP contribution in [0.1, 0.15) is 32.8 Å². The number of hydrogen-bond donors (Lipinski definition) is 1. The van der Waals surface area contributed by atoms with Crippen molar-refractivity contribution >= 4 is 27.5 Å². The average molecular weight is 494 g/mol. The molecule has 0 fully saturated rings. The molecule has 2 amide bonds. The van der Waals surface area contributed by atoms with Crippen LogP contribution in [-0.4, -0.2) is 57.1 Å². The fraction of sp³-hybridized carbons (Fsp3) is 0.417. The molecule has 0 radical (unpaired) electrons. The monoisotopic (exact) mass is 493 g/mol. The molecule has 0 saturated heterocycles. The molecular formula is C24H32FN3O5S. The third-order valence-electron chi connectivity index (χ3n) is 5.46. The molecule has 0 unspecified atom stereocenters. The molecule has 34 heavy (non-hydrogen) atoms. The zero-order valence-corrected chi connectivity index (χ0v) is 20.9. The first kappa shape index (κ1) is 27.1. The average Bonchev–Trinajstić information content (AvgIpc) is 2.80. The van der Waals surface area contributed by atoms with Crippen LogP contribution in [0.3, 0.4) is 0 Å². The molecule has 10 heteroatoms. The molecule has 2 rings (SSSR count). The van der Waals surface area contributed by atoms with E-state index in [4.69, 9.17) is 4.74 Å². The van der Waals surface area contributed by atoms with Gasteiger partial charge in [0.1, 0.15) is 24.2 Å². The zero-order chi connectivity index (χ0) is 25.5. The number of hydrogen-bond acceptors (Lipinski definition) is 5. The SMILES string of the molecule is CC[C@@H](C)NC(=O)[C@@H](C)N(Cc1ccc(F)cc1)C(=O)CN(c1cccc(OC)c1)S(C)(=O)=O. The van der Waals surface area contributed by atoms with Crippen molar-refractivity contribution in [2.45, 2.75) is 45.8 Å². The normalized spacial score (nSPS) is 13.0. The summed E-state index contributed by atoms with van der Waals surface area (Å²) in [6, 6.07) is 10.9. The van der Waals surface area contributed by atoms with E-state index in [9.17, 15) is 22.4 Å². The summed E-state index contributed by atoms with van der Waals surface area (Å²) >= 11 is 0. The lowest BCUT2D eigenvalue weighted by molar-refractivity contribution is -0.139. The second kappa shape index (κ2) is 11.8. The summed E-state index contributed by atoms with van der Waals surface area (Å²) in [5.74, 6) is -0.935. The van der Waals surface area contributed by atoms with E-state index < -0.39 is 34.3 Å². The third kappa shape index (κ3) is 7.44. The largest absolute Gasteiger partial charge is 0.497 e. The first-order valence-corrected chi connectivity index (χ1v) is 12.8. The number of benzene rings is 2. The molecule has 0 aliphatic heterocycles. The Kier molecular flexibility index (Phi) is 9.43. The quantitative estimate of drug-likeness (QED) is 0.519. The van der Waals surface area contributed by atoms with Crippen molar-refractivity contribution < 1.29 is 27.1 Å². The molecule has 186 valence electrons. The first-order chi connectivity index (χ1) is 16.0. The van der Waals surface area contributed by atoms with E-state index in [-0.39, 0.29) is 24.2 Å². The summed E-state index contributed by atoms with van der Waals surface area (Å²) in [7, 11) is -2.38. The Morgan fingerprint density at radius 1 is 1.12 bits per heavy atom. The van der Waals surface area contributed by atoms with Crippen molar-refractivity contribution in [2.24, 2.45) is 0 Å². The lowest BCUT2D eigenvalue weighted by Crippen LogP contribution is -2.52. The molecule has 0 spiro atoms. The molecule has 0 aliphatic rings. The third-order valence-corrected chi connectivity index (χ3v) is 6.60. The summed E-state index contributed by atoms with van der Waals surface area (Å²) in [5.41, 5.74) is 0.860. The van der Waals surface area contributed by atoms with Crippen LogP contribution < -0.4 is 14.4 Å². The number of carbonyl (C=O) groups excluding carboxylic acids is 2. The Labute approximate surface area is 200 Å². The van der Waals surface area contributed by atoms with Gasteiger partial charge in [0, 0.05) is 18.7 Å². The standard InChI is InChI=1S/C24H32FN3O5S/c1-6-17(2)26-24(30)18(3)27(15-19-10-12-20(25)13-11-19)23(29)16-28(34(5,31)32)21-8-7-9-22(14-21)33-4/h7-14,17-18H,6,15-16H2,1-5H3,(H,26,30)/t17-,18-/m1/s1. The highest BCUT2D eigenvalue weighted by atomic mass is 32.2. The number of anilines is 1. The number of carbonyl (C=O) groups is 2. The molecule has 2 atom stereocenters. The number of nitrogens with zero attached hydrogens (tertiary/aromatic N) is 2. The van der Waals surface area contributed by atoms with Crippen LogP contribution in [0, 0.1) is 5.82 Å². The van der Waals surface area contributed by atoms with E-state index in [1.165, 1.54) is 42.3 Å². The van der Waals surface area contributed by atoms with Gasteiger partial charge in [-0.05, 0) is 50.1 Å². The molecule has 1 N–H and O–H groups in total. The minimum atomic E-state index is -3.84. The van der Waals surface area contributed by atoms with E-state index in [0.29, 0.717) is 17.7 Å². The molecule has 0 aliphatic carbocycles. The highest BCUT2D eigenvalue weighted by Crippen LogP contribution is 2.23. The highest BCUT2D eigenvalue weighted by molar-refractivity contribution is 7.92. The smallest absolute Gasteiger partial charge is 0.244 e. The van der Waals surface area contributed by atoms with Crippen LogP contribution in [0.2, 0.25) is 0 Å². The predicted molar refractivity (Wildman–Crippen MR) is 129 cm³/mol. The van der Waals surface area contributed by atoms with Crippen LogP contribution in [0.15, 0.2) is 48.5 Å². The Bertz CT molecular complexity index is 1090. The molecule has 8 nitrogen and oxygen atoms in total. The summed E-state index contributed by atoms with van der Waals surface area (Å²) < 4.78 is 44.7. The van der Waals surface area contributed by atoms with Crippen LogP contribution >= 0.6 is 0 Å². The lowest BCUT2D eigenvalue weighted by atomic mass is 10.1. The fourth-order valence-corrected chi connectivity index (χ4v) is 4.06. The van der Waals surface area contributed by atoms with Crippen molar-refractivity contribution in [3.8, 4) is 5.75 Å². The number of nitrogens with one attached hydrogen (secondary N) is 1. The molecule has 0 aromatic heterocycles. The van der Waals surface area contributed by atoms with E-state index in [1.807, 2.05) is 13.8 Å². The fourth-order valence-electron chi connectivity index (χ4n) is 3.21. The van der Waals surface area contributed by atoms with Gasteiger partial charge < -0.3 is 15.0 Å². The molecule has 2 aromatic carbocycles. The Morgan fingerprint density at radius 2 is 1.76 bits per heavy atom. The maximum absolute atomic E-state index is 13.4. The molecule has 2 aromatic rings. The van der Waals surface area contributed by atoms with Gasteiger partial charge >= 0.3 is 0 Å². The summed E-state index contributed by atoms with van der Waals surface area (Å²) in [4.78, 5) is 27.6. The van der Waals surface area contributed by atoms with Gasteiger partial charge in [0.25, 0.3) is 0 Å². The van der Waals surface area contributed by atoms with Crippen molar-refractivity contribution in [3.05, 3.63) is 59.9 Å². The minimum Gasteiger partial charge on any atom is -0.497 e. The second-order valence-corrected chi connectivity index (χ2v) is 10.0. The van der Waals surface area contributed by atoms with Gasteiger partial charge in [-0.15, -0.1) is 0 Å². The summed E-state index contributed by atoms with van der Waals surface area (Å²) in [5, 5.41) is 2.85. The van der Waals surface area contributed by atoms with E-state index in [0.717, 1.165) is 10.6 Å². The van der Waals surface area contributed by atoms with Crippen LogP contribution in [0.5, 0.6) is 5.75 Å². The van der Waals surface area contributed by atoms with Gasteiger partial charge in [0.15, 0.2) is 0 Å². The number of sulfonamides is 1. The highest BCUT2D eigenvalue weighted by Gasteiger charge is 2.30.